The van der Waals surface area contributed by atoms with Crippen molar-refractivity contribution in [2.75, 3.05) is 0 Å². The normalized spacial score (nSPS) is 19.4. The zero-order valence-electron chi connectivity index (χ0n) is 32.3. The van der Waals surface area contributed by atoms with Crippen LogP contribution in [-0.4, -0.2) is 26.7 Å². The van der Waals surface area contributed by atoms with Crippen molar-refractivity contribution in [3.8, 4) is 11.4 Å². The van der Waals surface area contributed by atoms with E-state index < -0.39 is 0 Å². The maximum absolute atomic E-state index is 5.43. The van der Waals surface area contributed by atoms with Crippen LogP contribution in [-0.2, 0) is 6.42 Å². The predicted molar refractivity (Wildman–Crippen MR) is 240 cm³/mol. The molecule has 2 atom stereocenters. The van der Waals surface area contributed by atoms with E-state index in [1.54, 1.807) is 0 Å². The molecule has 278 valence electrons. The monoisotopic (exact) mass is 738 g/mol. The van der Waals surface area contributed by atoms with Gasteiger partial charge in [-0.3, -0.25) is 4.99 Å². The lowest BCUT2D eigenvalue weighted by Crippen LogP contribution is -2.17. The van der Waals surface area contributed by atoms with Crippen LogP contribution in [0.1, 0.15) is 85.2 Å². The van der Waals surface area contributed by atoms with Crippen molar-refractivity contribution in [1.29, 1.82) is 0 Å². The molecule has 0 bridgehead atoms. The fourth-order valence-electron chi connectivity index (χ4n) is 9.91. The molecule has 5 aromatic carbocycles. The molecule has 0 saturated heterocycles. The van der Waals surface area contributed by atoms with Gasteiger partial charge in [-0.1, -0.05) is 109 Å². The van der Waals surface area contributed by atoms with Crippen LogP contribution in [0, 0.1) is 0 Å². The Bertz CT molecular complexity index is 2850. The van der Waals surface area contributed by atoms with Gasteiger partial charge in [-0.05, 0) is 123 Å². The van der Waals surface area contributed by atoms with Gasteiger partial charge in [0.25, 0.3) is 0 Å². The maximum atomic E-state index is 5.43. The van der Waals surface area contributed by atoms with Gasteiger partial charge in [-0.2, -0.15) is 0 Å². The third kappa shape index (κ3) is 5.98. The minimum atomic E-state index is 0.206. The molecule has 1 aliphatic heterocycles. The van der Waals surface area contributed by atoms with E-state index in [0.29, 0.717) is 5.92 Å². The molecule has 11 rings (SSSR count). The van der Waals surface area contributed by atoms with Gasteiger partial charge >= 0.3 is 0 Å². The first kappa shape index (κ1) is 34.0. The molecule has 0 fully saturated rings. The van der Waals surface area contributed by atoms with Crippen molar-refractivity contribution >= 4 is 50.3 Å². The molecule has 7 aromatic rings. The van der Waals surface area contributed by atoms with E-state index >= 15 is 0 Å². The van der Waals surface area contributed by atoms with Crippen LogP contribution in [0.4, 0.5) is 0 Å². The number of aliphatic imine (C=N–C) groups is 2. The summed E-state index contributed by atoms with van der Waals surface area (Å²) >= 11 is 0. The molecule has 0 N–H and O–H groups in total. The SMILES string of the molecule is C1=CCC(c2ccc(-n3c4c(c5ccc6c(c7ccccc7n6-c6ccc(C7=NC(C8=CCCC8)CCCC(c8ccccc8)=N7)cc6)c53)C=CCC4)cc2)C=C1. The Morgan fingerprint density at radius 1 is 0.614 bits per heavy atom. The third-order valence-corrected chi connectivity index (χ3v) is 12.7. The van der Waals surface area contributed by atoms with E-state index in [1.807, 2.05) is 0 Å². The van der Waals surface area contributed by atoms with Gasteiger partial charge in [0.15, 0.2) is 5.84 Å². The van der Waals surface area contributed by atoms with E-state index in [4.69, 9.17) is 9.98 Å². The van der Waals surface area contributed by atoms with Crippen LogP contribution in [0.2, 0.25) is 0 Å². The average Bonchev–Trinajstić information content (AvgIpc) is 4.00. The van der Waals surface area contributed by atoms with Crippen LogP contribution in [0.3, 0.4) is 0 Å². The summed E-state index contributed by atoms with van der Waals surface area (Å²) < 4.78 is 5.03. The fourth-order valence-corrected chi connectivity index (χ4v) is 9.91. The van der Waals surface area contributed by atoms with E-state index in [9.17, 15) is 0 Å². The van der Waals surface area contributed by atoms with Crippen LogP contribution in [0.25, 0.3) is 50.2 Å². The summed E-state index contributed by atoms with van der Waals surface area (Å²) in [6.45, 7) is 0. The van der Waals surface area contributed by atoms with Crippen molar-refractivity contribution in [2.24, 2.45) is 9.98 Å². The summed E-state index contributed by atoms with van der Waals surface area (Å²) in [5.41, 5.74) is 15.1. The summed E-state index contributed by atoms with van der Waals surface area (Å²) in [4.78, 5) is 10.8. The third-order valence-electron chi connectivity index (χ3n) is 12.7. The summed E-state index contributed by atoms with van der Waals surface area (Å²) in [6, 6.07) is 42.9. The number of para-hydroxylation sites is 1. The summed E-state index contributed by atoms with van der Waals surface area (Å²) in [6.07, 6.45) is 25.9. The number of allylic oxidation sites excluding steroid dienone is 6. The fraction of sp³-hybridized carbons (Fsp3) is 0.208. The first-order chi connectivity index (χ1) is 28.3. The maximum Gasteiger partial charge on any atom is 0.155 e. The van der Waals surface area contributed by atoms with Gasteiger partial charge < -0.3 is 9.13 Å². The molecule has 57 heavy (non-hydrogen) atoms. The number of aromatic nitrogens is 2. The number of hydrogen-bond donors (Lipinski definition) is 0. The quantitative estimate of drug-likeness (QED) is 0.152. The number of nitrogens with zero attached hydrogens (tertiary/aromatic N) is 4. The molecule has 2 aromatic heterocycles. The number of amidine groups is 1. The average molecular weight is 739 g/mol. The summed E-state index contributed by atoms with van der Waals surface area (Å²) in [5, 5.41) is 3.89. The van der Waals surface area contributed by atoms with E-state index in [1.165, 1.54) is 79.2 Å². The highest BCUT2D eigenvalue weighted by Crippen LogP contribution is 2.43. The van der Waals surface area contributed by atoms with Gasteiger partial charge in [-0.15, -0.1) is 0 Å². The molecular formula is C53H46N4. The lowest BCUT2D eigenvalue weighted by Gasteiger charge is -2.20. The Kier molecular flexibility index (Phi) is 8.57. The lowest BCUT2D eigenvalue weighted by molar-refractivity contribution is 0.639. The molecule has 0 saturated carbocycles. The Hall–Kier alpha value is -6.26. The highest BCUT2D eigenvalue weighted by molar-refractivity contribution is 6.22. The lowest BCUT2D eigenvalue weighted by atomic mass is 9.92. The van der Waals surface area contributed by atoms with Crippen molar-refractivity contribution in [2.45, 2.75) is 69.7 Å². The Morgan fingerprint density at radius 2 is 1.44 bits per heavy atom. The summed E-state index contributed by atoms with van der Waals surface area (Å²) in [5.74, 6) is 1.28. The highest BCUT2D eigenvalue weighted by Gasteiger charge is 2.25. The first-order valence-electron chi connectivity index (χ1n) is 21.0. The molecule has 3 aliphatic carbocycles. The van der Waals surface area contributed by atoms with Gasteiger partial charge in [0.2, 0.25) is 0 Å². The van der Waals surface area contributed by atoms with Gasteiger partial charge in [0.1, 0.15) is 0 Å². The van der Waals surface area contributed by atoms with Gasteiger partial charge in [0, 0.05) is 50.3 Å². The predicted octanol–water partition coefficient (Wildman–Crippen LogP) is 13.2. The standard InChI is InChI=1S/C53H46N4/c1-3-14-36(15-4-1)37-26-30-42(31-27-37)57-48-24-11-9-20-43(48)44-34-35-50-51(52(44)57)45-21-10-12-25-49(45)56(50)41-32-28-40(29-33-41)53-54-46(38-16-5-2-6-17-38)22-13-23-47(55-53)39-18-7-8-19-39/h1-6,9-10,12,14,16-18,20-21,25-36,47H,7-8,11,13,15,19,22-24H2. The first-order valence-corrected chi connectivity index (χ1v) is 21.0. The Balaban J connectivity index is 1.06. The van der Waals surface area contributed by atoms with Crippen LogP contribution in [0.15, 0.2) is 167 Å². The van der Waals surface area contributed by atoms with Crippen molar-refractivity contribution in [3.05, 3.63) is 185 Å². The second-order valence-electron chi connectivity index (χ2n) is 16.1. The Labute approximate surface area is 334 Å². The molecule has 3 heterocycles. The highest BCUT2D eigenvalue weighted by atomic mass is 15.0. The zero-order valence-corrected chi connectivity index (χ0v) is 32.3. The molecule has 4 aliphatic rings. The Morgan fingerprint density at radius 3 is 2.26 bits per heavy atom. The molecule has 4 heteroatoms. The smallest absolute Gasteiger partial charge is 0.155 e. The molecule has 4 nitrogen and oxygen atoms in total. The van der Waals surface area contributed by atoms with Gasteiger partial charge in [0.05, 0.1) is 28.3 Å². The van der Waals surface area contributed by atoms with Crippen LogP contribution >= 0.6 is 0 Å². The summed E-state index contributed by atoms with van der Waals surface area (Å²) in [7, 11) is 0. The van der Waals surface area contributed by atoms with E-state index in [2.05, 4.69) is 167 Å². The topological polar surface area (TPSA) is 34.6 Å². The van der Waals surface area contributed by atoms with Crippen LogP contribution in [0.5, 0.6) is 0 Å². The molecule has 2 unspecified atom stereocenters. The molecule has 0 radical (unpaired) electrons. The van der Waals surface area contributed by atoms with Crippen LogP contribution < -0.4 is 0 Å². The van der Waals surface area contributed by atoms with E-state index in [0.717, 1.165) is 67.7 Å². The number of benzene rings is 5. The van der Waals surface area contributed by atoms with Crippen molar-refractivity contribution < 1.29 is 0 Å². The van der Waals surface area contributed by atoms with Crippen molar-refractivity contribution in [3.63, 3.8) is 0 Å². The number of rotatable bonds is 6. The van der Waals surface area contributed by atoms with E-state index in [-0.39, 0.29) is 6.04 Å². The minimum Gasteiger partial charge on any atom is -0.312 e. The largest absolute Gasteiger partial charge is 0.312 e. The molecular weight excluding hydrogens is 693 g/mol. The number of fused-ring (bicyclic) bond motifs is 7. The molecule has 0 spiro atoms. The molecule has 0 amide bonds. The zero-order chi connectivity index (χ0) is 37.7. The van der Waals surface area contributed by atoms with Gasteiger partial charge in [-0.25, -0.2) is 4.99 Å². The second-order valence-corrected chi connectivity index (χ2v) is 16.1. The second kappa shape index (κ2) is 14.4. The number of hydrogen-bond acceptors (Lipinski definition) is 2. The minimum absolute atomic E-state index is 0.206. The van der Waals surface area contributed by atoms with Crippen molar-refractivity contribution in [1.82, 2.24) is 9.13 Å².